The zero-order valence-corrected chi connectivity index (χ0v) is 14.2. The van der Waals surface area contributed by atoms with Crippen LogP contribution in [0.25, 0.3) is 11.2 Å². The average molecular weight is 373 g/mol. The summed E-state index contributed by atoms with van der Waals surface area (Å²) < 4.78 is 7.48. The van der Waals surface area contributed by atoms with Gasteiger partial charge in [0.2, 0.25) is 0 Å². The Balaban J connectivity index is 1.89. The van der Waals surface area contributed by atoms with E-state index in [-0.39, 0.29) is 17.8 Å². The molecule has 4 rings (SSSR count). The van der Waals surface area contributed by atoms with Gasteiger partial charge in [0.25, 0.3) is 0 Å². The van der Waals surface area contributed by atoms with Gasteiger partial charge in [-0.2, -0.15) is 0 Å². The van der Waals surface area contributed by atoms with Crippen LogP contribution >= 0.6 is 0 Å². The normalized spacial score (nSPS) is 27.9. The standard InChI is InChI=1S/C17H19N5O5/c23-7-11-13(24)14(25)17(27-11,6-10-4-2-1-3-5-10)22-9-20-12-15(21-26)18-8-19-16(12)22/h1-5,8-9,11,13-14,23-26H,6-7H2,(H,18,19,21)/t11-,13-,14-,17-/m1/s1. The van der Waals surface area contributed by atoms with E-state index >= 15 is 0 Å². The van der Waals surface area contributed by atoms with Gasteiger partial charge in [0.05, 0.1) is 12.9 Å². The van der Waals surface area contributed by atoms with E-state index in [2.05, 4.69) is 15.0 Å². The Morgan fingerprint density at radius 2 is 1.93 bits per heavy atom. The first kappa shape index (κ1) is 17.8. The Morgan fingerprint density at radius 3 is 2.59 bits per heavy atom. The van der Waals surface area contributed by atoms with E-state index < -0.39 is 30.6 Å². The first-order valence-corrected chi connectivity index (χ1v) is 8.38. The first-order chi connectivity index (χ1) is 13.1. The third-order valence-electron chi connectivity index (χ3n) is 4.85. The van der Waals surface area contributed by atoms with Crippen LogP contribution in [0.4, 0.5) is 5.82 Å². The van der Waals surface area contributed by atoms with Gasteiger partial charge in [-0.25, -0.2) is 15.0 Å². The fourth-order valence-electron chi connectivity index (χ4n) is 3.53. The van der Waals surface area contributed by atoms with Crippen LogP contribution in [0.15, 0.2) is 43.0 Å². The number of aliphatic hydroxyl groups is 3. The lowest BCUT2D eigenvalue weighted by Gasteiger charge is -2.34. The number of fused-ring (bicyclic) bond motifs is 1. The molecule has 0 saturated carbocycles. The van der Waals surface area contributed by atoms with Crippen LogP contribution in [0, 0.1) is 0 Å². The van der Waals surface area contributed by atoms with Crippen molar-refractivity contribution >= 4 is 17.0 Å². The molecule has 0 spiro atoms. The lowest BCUT2D eigenvalue weighted by atomic mass is 9.95. The number of ether oxygens (including phenoxy) is 1. The minimum Gasteiger partial charge on any atom is -0.394 e. The fourth-order valence-corrected chi connectivity index (χ4v) is 3.53. The average Bonchev–Trinajstić information content (AvgIpc) is 3.24. The molecule has 0 radical (unpaired) electrons. The number of anilines is 1. The molecule has 27 heavy (non-hydrogen) atoms. The summed E-state index contributed by atoms with van der Waals surface area (Å²) in [5.74, 6) is 0.0976. The van der Waals surface area contributed by atoms with Crippen LogP contribution in [0.1, 0.15) is 5.56 Å². The molecule has 5 N–H and O–H groups in total. The van der Waals surface area contributed by atoms with E-state index in [1.54, 1.807) is 0 Å². The second kappa shape index (κ2) is 6.83. The lowest BCUT2D eigenvalue weighted by Crippen LogP contribution is -2.47. The Kier molecular flexibility index (Phi) is 4.50. The van der Waals surface area contributed by atoms with Crippen LogP contribution < -0.4 is 5.48 Å². The molecule has 1 aliphatic heterocycles. The van der Waals surface area contributed by atoms with Gasteiger partial charge in [-0.05, 0) is 5.56 Å². The van der Waals surface area contributed by atoms with Crippen LogP contribution in [0.3, 0.4) is 0 Å². The second-order valence-corrected chi connectivity index (χ2v) is 6.40. The molecule has 10 nitrogen and oxygen atoms in total. The van der Waals surface area contributed by atoms with Gasteiger partial charge < -0.3 is 20.1 Å². The molecule has 2 aromatic heterocycles. The molecular formula is C17H19N5O5. The van der Waals surface area contributed by atoms with Gasteiger partial charge in [0.1, 0.15) is 24.6 Å². The zero-order chi connectivity index (χ0) is 19.0. The van der Waals surface area contributed by atoms with Crippen molar-refractivity contribution in [2.24, 2.45) is 0 Å². The third kappa shape index (κ3) is 2.74. The first-order valence-electron chi connectivity index (χ1n) is 8.38. The van der Waals surface area contributed by atoms with E-state index in [0.29, 0.717) is 5.65 Å². The van der Waals surface area contributed by atoms with Gasteiger partial charge in [0, 0.05) is 6.42 Å². The Hall–Kier alpha value is -2.63. The molecule has 4 atom stereocenters. The fraction of sp³-hybridized carbons (Fsp3) is 0.353. The van der Waals surface area contributed by atoms with Gasteiger partial charge in [-0.15, -0.1) is 0 Å². The summed E-state index contributed by atoms with van der Waals surface area (Å²) in [5, 5.41) is 40.1. The van der Waals surface area contributed by atoms with Crippen LogP contribution in [0.2, 0.25) is 0 Å². The minimum absolute atomic E-state index is 0.0976. The summed E-state index contributed by atoms with van der Waals surface area (Å²) in [6.45, 7) is -0.459. The highest BCUT2D eigenvalue weighted by Crippen LogP contribution is 2.40. The highest BCUT2D eigenvalue weighted by Gasteiger charge is 2.56. The molecule has 0 unspecified atom stereocenters. The molecule has 142 valence electrons. The zero-order valence-electron chi connectivity index (χ0n) is 14.2. The van der Waals surface area contributed by atoms with Crippen LogP contribution in [-0.4, -0.2) is 65.0 Å². The molecule has 3 heterocycles. The van der Waals surface area contributed by atoms with E-state index in [0.717, 1.165) is 5.56 Å². The number of aromatic nitrogens is 4. The quantitative estimate of drug-likeness (QED) is 0.378. The van der Waals surface area contributed by atoms with E-state index in [1.807, 2.05) is 35.8 Å². The van der Waals surface area contributed by atoms with Crippen molar-refractivity contribution < 1.29 is 25.3 Å². The SMILES string of the molecule is OC[C@H]1O[C@@](Cc2ccccc2)(n2cnc3c(NO)ncnc32)[C@H](O)[C@@H]1O. The summed E-state index contributed by atoms with van der Waals surface area (Å²) in [6, 6.07) is 9.31. The molecular weight excluding hydrogens is 354 g/mol. The number of nitrogens with one attached hydrogen (secondary N) is 1. The number of benzene rings is 1. The second-order valence-electron chi connectivity index (χ2n) is 6.40. The van der Waals surface area contributed by atoms with Crippen molar-refractivity contribution in [3.63, 3.8) is 0 Å². The Labute approximate surface area is 153 Å². The number of imidazole rings is 1. The molecule has 0 amide bonds. The predicted octanol–water partition coefficient (Wildman–Crippen LogP) is -0.364. The van der Waals surface area contributed by atoms with Gasteiger partial charge >= 0.3 is 0 Å². The number of rotatable bonds is 5. The maximum absolute atomic E-state index is 10.9. The Morgan fingerprint density at radius 1 is 1.15 bits per heavy atom. The minimum atomic E-state index is -1.45. The molecule has 1 aliphatic rings. The number of nitrogens with zero attached hydrogens (tertiary/aromatic N) is 4. The third-order valence-corrected chi connectivity index (χ3v) is 4.85. The number of aliphatic hydroxyl groups excluding tert-OH is 3. The van der Waals surface area contributed by atoms with Gasteiger partial charge in [-0.1, -0.05) is 30.3 Å². The van der Waals surface area contributed by atoms with Crippen molar-refractivity contribution in [3.05, 3.63) is 48.5 Å². The number of hydrogen-bond acceptors (Lipinski definition) is 9. The van der Waals surface area contributed by atoms with Crippen molar-refractivity contribution in [1.29, 1.82) is 0 Å². The lowest BCUT2D eigenvalue weighted by molar-refractivity contribution is -0.145. The van der Waals surface area contributed by atoms with Crippen LogP contribution in [-0.2, 0) is 16.9 Å². The van der Waals surface area contributed by atoms with Gasteiger partial charge in [-0.3, -0.25) is 15.3 Å². The van der Waals surface area contributed by atoms with Crippen molar-refractivity contribution in [1.82, 2.24) is 19.5 Å². The Bertz CT molecular complexity index is 936. The molecule has 0 aliphatic carbocycles. The summed E-state index contributed by atoms with van der Waals surface area (Å²) >= 11 is 0. The maximum Gasteiger partial charge on any atom is 0.181 e. The smallest absolute Gasteiger partial charge is 0.181 e. The highest BCUT2D eigenvalue weighted by atomic mass is 16.6. The van der Waals surface area contributed by atoms with Crippen molar-refractivity contribution in [3.8, 4) is 0 Å². The monoisotopic (exact) mass is 373 g/mol. The molecule has 0 bridgehead atoms. The van der Waals surface area contributed by atoms with Gasteiger partial charge in [0.15, 0.2) is 22.7 Å². The highest BCUT2D eigenvalue weighted by molar-refractivity contribution is 5.82. The topological polar surface area (TPSA) is 146 Å². The van der Waals surface area contributed by atoms with E-state index in [9.17, 15) is 20.5 Å². The van der Waals surface area contributed by atoms with Crippen molar-refractivity contribution in [2.45, 2.75) is 30.5 Å². The summed E-state index contributed by atoms with van der Waals surface area (Å²) in [6.07, 6.45) is -0.797. The molecule has 1 fully saturated rings. The predicted molar refractivity (Wildman–Crippen MR) is 92.8 cm³/mol. The number of hydrogen-bond donors (Lipinski definition) is 5. The van der Waals surface area contributed by atoms with Crippen molar-refractivity contribution in [2.75, 3.05) is 12.1 Å². The van der Waals surface area contributed by atoms with E-state index in [4.69, 9.17) is 4.74 Å². The molecule has 3 aromatic rings. The summed E-state index contributed by atoms with van der Waals surface area (Å²) in [7, 11) is 0. The van der Waals surface area contributed by atoms with E-state index in [1.165, 1.54) is 17.2 Å². The van der Waals surface area contributed by atoms with Crippen LogP contribution in [0.5, 0.6) is 0 Å². The maximum atomic E-state index is 10.9. The summed E-state index contributed by atoms with van der Waals surface area (Å²) in [5.41, 5.74) is 1.91. The molecule has 1 saturated heterocycles. The molecule has 10 heteroatoms. The summed E-state index contributed by atoms with van der Waals surface area (Å²) in [4.78, 5) is 12.3. The largest absolute Gasteiger partial charge is 0.394 e. The molecule has 1 aromatic carbocycles.